The monoisotopic (exact) mass is 255 g/mol. The summed E-state index contributed by atoms with van der Waals surface area (Å²) in [6.45, 7) is 7.74. The normalized spacial score (nSPS) is 29.3. The quantitative estimate of drug-likeness (QED) is 0.881. The highest BCUT2D eigenvalue weighted by atomic mass is 15.2. The molecule has 2 fully saturated rings. The number of nitrogens with one attached hydrogen (secondary N) is 1. The Kier molecular flexibility index (Phi) is 3.20. The maximum Gasteiger partial charge on any atom is 0.101 e. The molecule has 0 aromatic heterocycles. The fourth-order valence-electron chi connectivity index (χ4n) is 3.93. The molecule has 0 radical (unpaired) electrons. The van der Waals surface area contributed by atoms with E-state index in [9.17, 15) is 5.26 Å². The van der Waals surface area contributed by atoms with E-state index in [1.54, 1.807) is 0 Å². The molecular weight excluding hydrogens is 234 g/mol. The van der Waals surface area contributed by atoms with Crippen LogP contribution in [0.4, 0.5) is 5.69 Å². The van der Waals surface area contributed by atoms with Gasteiger partial charge in [0.2, 0.25) is 0 Å². The summed E-state index contributed by atoms with van der Waals surface area (Å²) in [5.41, 5.74) is 3.23. The minimum absolute atomic E-state index is 0.577. The number of aryl methyl sites for hydroxylation is 1. The summed E-state index contributed by atoms with van der Waals surface area (Å²) in [6.07, 6.45) is 1.15. The van der Waals surface area contributed by atoms with Crippen molar-refractivity contribution in [3.63, 3.8) is 0 Å². The number of hydrogen-bond acceptors (Lipinski definition) is 3. The number of hydrogen-bond donors (Lipinski definition) is 1. The van der Waals surface area contributed by atoms with Crippen LogP contribution in [0.15, 0.2) is 18.2 Å². The first-order valence-electron chi connectivity index (χ1n) is 7.23. The first kappa shape index (κ1) is 12.5. The van der Waals surface area contributed by atoms with Gasteiger partial charge in [0.15, 0.2) is 0 Å². The predicted molar refractivity (Wildman–Crippen MR) is 77.2 cm³/mol. The molecular formula is C16H21N3. The number of nitriles is 1. The number of benzene rings is 1. The number of fused-ring (bicyclic) bond motifs is 1. The van der Waals surface area contributed by atoms with Gasteiger partial charge in [0.05, 0.1) is 11.3 Å². The largest absolute Gasteiger partial charge is 0.367 e. The van der Waals surface area contributed by atoms with Gasteiger partial charge in [0.1, 0.15) is 6.07 Å². The van der Waals surface area contributed by atoms with Crippen LogP contribution in [0.1, 0.15) is 24.5 Å². The van der Waals surface area contributed by atoms with Gasteiger partial charge in [-0.2, -0.15) is 5.26 Å². The molecule has 1 aromatic carbocycles. The molecule has 0 aliphatic carbocycles. The third-order valence-electron chi connectivity index (χ3n) is 4.78. The lowest BCUT2D eigenvalue weighted by Crippen LogP contribution is -2.36. The van der Waals surface area contributed by atoms with Crippen molar-refractivity contribution in [2.75, 3.05) is 24.5 Å². The van der Waals surface area contributed by atoms with Crippen LogP contribution < -0.4 is 10.2 Å². The smallest absolute Gasteiger partial charge is 0.101 e. The minimum atomic E-state index is 0.577. The molecule has 3 rings (SSSR count). The maximum absolute atomic E-state index is 9.38. The molecule has 19 heavy (non-hydrogen) atoms. The van der Waals surface area contributed by atoms with Gasteiger partial charge in [-0.05, 0) is 36.8 Å². The molecule has 3 atom stereocenters. The molecule has 0 bridgehead atoms. The molecule has 0 amide bonds. The Labute approximate surface area is 115 Å². The fraction of sp³-hybridized carbons (Fsp3) is 0.562. The highest BCUT2D eigenvalue weighted by Gasteiger charge is 2.43. The third kappa shape index (κ3) is 1.91. The summed E-state index contributed by atoms with van der Waals surface area (Å²) in [6, 6.07) is 8.99. The van der Waals surface area contributed by atoms with E-state index < -0.39 is 0 Å². The number of nitrogens with zero attached hydrogens (tertiary/aromatic N) is 2. The van der Waals surface area contributed by atoms with E-state index in [1.807, 2.05) is 12.1 Å². The second-order valence-electron chi connectivity index (χ2n) is 5.79. The van der Waals surface area contributed by atoms with Crippen LogP contribution in [-0.2, 0) is 0 Å². The zero-order valence-electron chi connectivity index (χ0n) is 11.7. The zero-order valence-corrected chi connectivity index (χ0v) is 11.7. The maximum atomic E-state index is 9.38. The Bertz CT molecular complexity index is 517. The lowest BCUT2D eigenvalue weighted by atomic mass is 9.92. The van der Waals surface area contributed by atoms with Gasteiger partial charge in [0.25, 0.3) is 0 Å². The van der Waals surface area contributed by atoms with Crippen LogP contribution in [0.2, 0.25) is 0 Å². The Hall–Kier alpha value is -1.53. The standard InChI is InChI=1S/C16H21N3/c1-3-15-14-9-18-8-13(14)10-19(15)16-11(2)5-4-6-12(16)7-17/h4-6,13-15,18H,3,8-10H2,1-2H3. The third-order valence-corrected chi connectivity index (χ3v) is 4.78. The summed E-state index contributed by atoms with van der Waals surface area (Å²) in [7, 11) is 0. The highest BCUT2D eigenvalue weighted by Crippen LogP contribution is 2.39. The van der Waals surface area contributed by atoms with Crippen LogP contribution in [0, 0.1) is 30.1 Å². The molecule has 1 N–H and O–H groups in total. The molecule has 2 heterocycles. The molecule has 0 saturated carbocycles. The van der Waals surface area contributed by atoms with Gasteiger partial charge < -0.3 is 10.2 Å². The van der Waals surface area contributed by atoms with Gasteiger partial charge in [-0.25, -0.2) is 0 Å². The van der Waals surface area contributed by atoms with Crippen molar-refractivity contribution in [2.24, 2.45) is 11.8 Å². The molecule has 2 aliphatic rings. The van der Waals surface area contributed by atoms with E-state index in [-0.39, 0.29) is 0 Å². The number of rotatable bonds is 2. The van der Waals surface area contributed by atoms with E-state index in [0.717, 1.165) is 43.5 Å². The van der Waals surface area contributed by atoms with E-state index in [4.69, 9.17) is 0 Å². The summed E-state index contributed by atoms with van der Waals surface area (Å²) >= 11 is 0. The Morgan fingerprint density at radius 1 is 1.42 bits per heavy atom. The Balaban J connectivity index is 2.01. The zero-order chi connectivity index (χ0) is 13.4. The van der Waals surface area contributed by atoms with Crippen molar-refractivity contribution in [1.82, 2.24) is 5.32 Å². The van der Waals surface area contributed by atoms with Crippen molar-refractivity contribution < 1.29 is 0 Å². The highest BCUT2D eigenvalue weighted by molar-refractivity contribution is 5.65. The van der Waals surface area contributed by atoms with E-state index in [1.165, 1.54) is 11.3 Å². The topological polar surface area (TPSA) is 39.1 Å². The van der Waals surface area contributed by atoms with Crippen molar-refractivity contribution in [3.8, 4) is 6.07 Å². The van der Waals surface area contributed by atoms with Gasteiger partial charge in [0, 0.05) is 25.7 Å². The summed E-state index contributed by atoms with van der Waals surface area (Å²) in [5, 5.41) is 12.9. The van der Waals surface area contributed by atoms with Crippen LogP contribution in [0.3, 0.4) is 0 Å². The van der Waals surface area contributed by atoms with Crippen LogP contribution in [0.25, 0.3) is 0 Å². The second-order valence-corrected chi connectivity index (χ2v) is 5.79. The van der Waals surface area contributed by atoms with Crippen molar-refractivity contribution >= 4 is 5.69 Å². The van der Waals surface area contributed by atoms with E-state index in [0.29, 0.717) is 6.04 Å². The van der Waals surface area contributed by atoms with Crippen molar-refractivity contribution in [2.45, 2.75) is 26.3 Å². The Morgan fingerprint density at radius 2 is 2.26 bits per heavy atom. The van der Waals surface area contributed by atoms with Crippen LogP contribution in [0.5, 0.6) is 0 Å². The van der Waals surface area contributed by atoms with Crippen LogP contribution >= 0.6 is 0 Å². The Morgan fingerprint density at radius 3 is 3.00 bits per heavy atom. The minimum Gasteiger partial charge on any atom is -0.367 e. The molecule has 3 nitrogen and oxygen atoms in total. The van der Waals surface area contributed by atoms with E-state index in [2.05, 4.69) is 36.2 Å². The fourth-order valence-corrected chi connectivity index (χ4v) is 3.93. The lowest BCUT2D eigenvalue weighted by Gasteiger charge is -2.31. The molecule has 3 unspecified atom stereocenters. The van der Waals surface area contributed by atoms with Crippen molar-refractivity contribution in [3.05, 3.63) is 29.3 Å². The van der Waals surface area contributed by atoms with Gasteiger partial charge in [-0.3, -0.25) is 0 Å². The van der Waals surface area contributed by atoms with Gasteiger partial charge in [-0.15, -0.1) is 0 Å². The molecule has 1 aromatic rings. The second kappa shape index (κ2) is 4.86. The summed E-state index contributed by atoms with van der Waals surface area (Å²) < 4.78 is 0. The predicted octanol–water partition coefficient (Wildman–Crippen LogP) is 2.30. The molecule has 2 saturated heterocycles. The average molecular weight is 255 g/mol. The molecule has 3 heteroatoms. The van der Waals surface area contributed by atoms with E-state index >= 15 is 0 Å². The summed E-state index contributed by atoms with van der Waals surface area (Å²) in [5.74, 6) is 1.49. The average Bonchev–Trinajstić information content (AvgIpc) is 2.98. The van der Waals surface area contributed by atoms with Crippen LogP contribution in [-0.4, -0.2) is 25.7 Å². The molecule has 0 spiro atoms. The van der Waals surface area contributed by atoms with Crippen molar-refractivity contribution in [1.29, 1.82) is 5.26 Å². The van der Waals surface area contributed by atoms with Gasteiger partial charge >= 0.3 is 0 Å². The number of anilines is 1. The first-order valence-corrected chi connectivity index (χ1v) is 7.23. The summed E-state index contributed by atoms with van der Waals surface area (Å²) in [4.78, 5) is 2.50. The number of para-hydroxylation sites is 1. The SMILES string of the molecule is CCC1C2CNCC2CN1c1c(C)cccc1C#N. The first-order chi connectivity index (χ1) is 9.26. The van der Waals surface area contributed by atoms with Gasteiger partial charge in [-0.1, -0.05) is 19.1 Å². The molecule has 100 valence electrons. The lowest BCUT2D eigenvalue weighted by molar-refractivity contribution is 0.442. The molecule has 2 aliphatic heterocycles.